The van der Waals surface area contributed by atoms with Crippen molar-refractivity contribution in [2.45, 2.75) is 59.4 Å². The summed E-state index contributed by atoms with van der Waals surface area (Å²) >= 11 is 0. The molecule has 0 aliphatic carbocycles. The molecule has 3 heteroatoms. The van der Waals surface area contributed by atoms with E-state index in [0.29, 0.717) is 6.61 Å². The van der Waals surface area contributed by atoms with Gasteiger partial charge in [0.1, 0.15) is 5.60 Å². The normalized spacial score (nSPS) is 11.0. The molecule has 0 spiro atoms. The van der Waals surface area contributed by atoms with E-state index < -0.39 is 11.4 Å². The van der Waals surface area contributed by atoms with Crippen LogP contribution in [0.1, 0.15) is 52.7 Å². The maximum Gasteiger partial charge on any atom is 0.159 e. The first-order valence-electron chi connectivity index (χ1n) is 7.36. The summed E-state index contributed by atoms with van der Waals surface area (Å²) in [5.41, 5.74) is 1.02. The largest absolute Gasteiger partial charge is 0.378 e. The zero-order valence-electron chi connectivity index (χ0n) is 14.0. The number of rotatable bonds is 4. The Balaban J connectivity index is 0.00000191. The third-order valence-corrected chi connectivity index (χ3v) is 2.31. The SMILES string of the molecule is CC.CC(C)(O)C#Cc1ccc(CCOC(C)(C)O)cc1. The number of ether oxygens (including phenoxy) is 1. The molecule has 0 saturated heterocycles. The summed E-state index contributed by atoms with van der Waals surface area (Å²) in [6, 6.07) is 7.78. The van der Waals surface area contributed by atoms with Gasteiger partial charge in [0.2, 0.25) is 0 Å². The van der Waals surface area contributed by atoms with Crippen molar-refractivity contribution < 1.29 is 14.9 Å². The molecule has 0 fully saturated rings. The minimum Gasteiger partial charge on any atom is -0.378 e. The van der Waals surface area contributed by atoms with E-state index in [1.165, 1.54) is 0 Å². The second-order valence-corrected chi connectivity index (χ2v) is 5.55. The van der Waals surface area contributed by atoms with E-state index in [4.69, 9.17) is 4.74 Å². The summed E-state index contributed by atoms with van der Waals surface area (Å²) in [6.45, 7) is 11.0. The van der Waals surface area contributed by atoms with E-state index in [1.807, 2.05) is 38.1 Å². The Hall–Kier alpha value is -1.34. The van der Waals surface area contributed by atoms with Gasteiger partial charge in [-0.1, -0.05) is 37.8 Å². The lowest BCUT2D eigenvalue weighted by atomic mass is 10.1. The zero-order chi connectivity index (χ0) is 16.5. The molecule has 1 aromatic carbocycles. The van der Waals surface area contributed by atoms with Crippen LogP contribution in [0.15, 0.2) is 24.3 Å². The van der Waals surface area contributed by atoms with Gasteiger partial charge in [0.25, 0.3) is 0 Å². The first kappa shape index (κ1) is 19.7. The average molecular weight is 292 g/mol. The molecule has 3 nitrogen and oxygen atoms in total. The molecule has 0 unspecified atom stereocenters. The lowest BCUT2D eigenvalue weighted by Gasteiger charge is -2.17. The van der Waals surface area contributed by atoms with E-state index >= 15 is 0 Å². The lowest BCUT2D eigenvalue weighted by molar-refractivity contribution is -0.175. The van der Waals surface area contributed by atoms with Crippen molar-refractivity contribution in [2.24, 2.45) is 0 Å². The van der Waals surface area contributed by atoms with Gasteiger partial charge in [0.05, 0.1) is 6.61 Å². The highest BCUT2D eigenvalue weighted by Gasteiger charge is 2.11. The van der Waals surface area contributed by atoms with Crippen molar-refractivity contribution in [1.29, 1.82) is 0 Å². The predicted octanol–water partition coefficient (Wildman–Crippen LogP) is 3.12. The van der Waals surface area contributed by atoms with Crippen LogP contribution < -0.4 is 0 Å². The highest BCUT2D eigenvalue weighted by molar-refractivity contribution is 5.37. The van der Waals surface area contributed by atoms with Gasteiger partial charge < -0.3 is 14.9 Å². The van der Waals surface area contributed by atoms with E-state index in [0.717, 1.165) is 17.5 Å². The summed E-state index contributed by atoms with van der Waals surface area (Å²) in [4.78, 5) is 0. The zero-order valence-corrected chi connectivity index (χ0v) is 14.0. The Morgan fingerprint density at radius 3 is 1.95 bits per heavy atom. The van der Waals surface area contributed by atoms with Gasteiger partial charge in [-0.3, -0.25) is 0 Å². The molecule has 0 aliphatic heterocycles. The van der Waals surface area contributed by atoms with Gasteiger partial charge in [0.15, 0.2) is 5.79 Å². The molecule has 2 N–H and O–H groups in total. The van der Waals surface area contributed by atoms with E-state index in [2.05, 4.69) is 11.8 Å². The average Bonchev–Trinajstić information content (AvgIpc) is 2.38. The van der Waals surface area contributed by atoms with Gasteiger partial charge in [-0.05, 0) is 51.8 Å². The molecule has 0 bridgehead atoms. The van der Waals surface area contributed by atoms with Crippen LogP contribution in [0.3, 0.4) is 0 Å². The summed E-state index contributed by atoms with van der Waals surface area (Å²) in [6.07, 6.45) is 0.739. The van der Waals surface area contributed by atoms with E-state index in [1.54, 1.807) is 27.7 Å². The molecule has 0 aliphatic rings. The molecule has 0 amide bonds. The van der Waals surface area contributed by atoms with Gasteiger partial charge in [-0.25, -0.2) is 0 Å². The molecule has 0 saturated carbocycles. The van der Waals surface area contributed by atoms with E-state index in [-0.39, 0.29) is 0 Å². The smallest absolute Gasteiger partial charge is 0.159 e. The van der Waals surface area contributed by atoms with Crippen LogP contribution in [-0.2, 0) is 11.2 Å². The van der Waals surface area contributed by atoms with Gasteiger partial charge in [0, 0.05) is 5.56 Å². The number of hydrogen-bond donors (Lipinski definition) is 2. The van der Waals surface area contributed by atoms with Gasteiger partial charge in [-0.2, -0.15) is 0 Å². The van der Waals surface area contributed by atoms with Crippen molar-refractivity contribution in [1.82, 2.24) is 0 Å². The van der Waals surface area contributed by atoms with Crippen molar-refractivity contribution in [3.8, 4) is 11.8 Å². The Bertz CT molecular complexity index is 450. The fourth-order valence-electron chi connectivity index (χ4n) is 1.40. The molecule has 0 aromatic heterocycles. The first-order chi connectivity index (χ1) is 9.66. The van der Waals surface area contributed by atoms with Crippen LogP contribution in [0.2, 0.25) is 0 Å². The Kier molecular flexibility index (Phi) is 8.27. The van der Waals surface area contributed by atoms with Crippen LogP contribution in [0.25, 0.3) is 0 Å². The third-order valence-electron chi connectivity index (χ3n) is 2.31. The molecular weight excluding hydrogens is 264 g/mol. The first-order valence-corrected chi connectivity index (χ1v) is 7.36. The minimum absolute atomic E-state index is 0.470. The van der Waals surface area contributed by atoms with Crippen LogP contribution >= 0.6 is 0 Å². The Morgan fingerprint density at radius 2 is 1.52 bits per heavy atom. The number of hydrogen-bond acceptors (Lipinski definition) is 3. The van der Waals surface area contributed by atoms with Crippen molar-refractivity contribution in [3.05, 3.63) is 35.4 Å². The fraction of sp³-hybridized carbons (Fsp3) is 0.556. The lowest BCUT2D eigenvalue weighted by Crippen LogP contribution is -2.24. The minimum atomic E-state index is -1.09. The second kappa shape index (κ2) is 8.84. The molecule has 0 atom stereocenters. The predicted molar refractivity (Wildman–Crippen MR) is 86.9 cm³/mol. The summed E-state index contributed by atoms with van der Waals surface area (Å²) < 4.78 is 5.25. The monoisotopic (exact) mass is 292 g/mol. The fourth-order valence-corrected chi connectivity index (χ4v) is 1.40. The standard InChI is InChI=1S/C16H22O3.C2H6/c1-15(2,17)11-9-13-5-7-14(8-6-13)10-12-19-16(3,4)18;1-2/h5-8,17-18H,10,12H2,1-4H3;1-2H3. The van der Waals surface area contributed by atoms with Crippen molar-refractivity contribution in [3.63, 3.8) is 0 Å². The summed E-state index contributed by atoms with van der Waals surface area (Å²) in [7, 11) is 0. The Labute approximate surface area is 129 Å². The second-order valence-electron chi connectivity index (χ2n) is 5.55. The summed E-state index contributed by atoms with van der Waals surface area (Å²) in [5.74, 6) is 4.60. The maximum atomic E-state index is 9.51. The molecule has 0 heterocycles. The Morgan fingerprint density at radius 1 is 1.00 bits per heavy atom. The van der Waals surface area contributed by atoms with Crippen molar-refractivity contribution in [2.75, 3.05) is 6.61 Å². The summed E-state index contributed by atoms with van der Waals surface area (Å²) in [5, 5.41) is 18.9. The molecule has 1 rings (SSSR count). The third kappa shape index (κ3) is 11.0. The highest BCUT2D eigenvalue weighted by atomic mass is 16.6. The highest BCUT2D eigenvalue weighted by Crippen LogP contribution is 2.08. The molecule has 0 radical (unpaired) electrons. The maximum absolute atomic E-state index is 9.51. The number of aliphatic hydroxyl groups is 2. The van der Waals surface area contributed by atoms with Crippen LogP contribution in [0.4, 0.5) is 0 Å². The van der Waals surface area contributed by atoms with Crippen molar-refractivity contribution >= 4 is 0 Å². The molecule has 118 valence electrons. The molecular formula is C18H28O3. The topological polar surface area (TPSA) is 49.7 Å². The van der Waals surface area contributed by atoms with E-state index in [9.17, 15) is 10.2 Å². The quantitative estimate of drug-likeness (QED) is 0.662. The van der Waals surface area contributed by atoms with Crippen LogP contribution in [0, 0.1) is 11.8 Å². The number of benzene rings is 1. The molecule has 1 aromatic rings. The molecule has 21 heavy (non-hydrogen) atoms. The van der Waals surface area contributed by atoms with Gasteiger partial charge >= 0.3 is 0 Å². The van der Waals surface area contributed by atoms with Crippen LogP contribution in [0.5, 0.6) is 0 Å². The van der Waals surface area contributed by atoms with Gasteiger partial charge in [-0.15, -0.1) is 0 Å². The van der Waals surface area contributed by atoms with Crippen LogP contribution in [-0.4, -0.2) is 28.2 Å².